The van der Waals surface area contributed by atoms with E-state index < -0.39 is 5.97 Å². The van der Waals surface area contributed by atoms with Crippen molar-refractivity contribution in [1.29, 1.82) is 0 Å². The average molecular weight is 231 g/mol. The van der Waals surface area contributed by atoms with Crippen LogP contribution in [0.5, 0.6) is 0 Å². The van der Waals surface area contributed by atoms with Gasteiger partial charge in [0.2, 0.25) is 0 Å². The molecular formula is C14H17NO2. The highest BCUT2D eigenvalue weighted by molar-refractivity contribution is 5.71. The molecule has 1 aliphatic heterocycles. The zero-order chi connectivity index (χ0) is 11.8. The monoisotopic (exact) mass is 231 g/mol. The smallest absolute Gasteiger partial charge is 0.304 e. The molecule has 1 heterocycles. The van der Waals surface area contributed by atoms with Crippen molar-refractivity contribution in [3.63, 3.8) is 0 Å². The van der Waals surface area contributed by atoms with Gasteiger partial charge >= 0.3 is 5.97 Å². The fourth-order valence-electron chi connectivity index (χ4n) is 2.75. The SMILES string of the molecule is O=C(O)CC1CN(CC2CC2)c2ccccc21. The van der Waals surface area contributed by atoms with Crippen molar-refractivity contribution in [2.45, 2.75) is 25.2 Å². The van der Waals surface area contributed by atoms with Crippen molar-refractivity contribution < 1.29 is 9.90 Å². The Kier molecular flexibility index (Phi) is 2.54. The maximum Gasteiger partial charge on any atom is 0.304 e. The molecule has 17 heavy (non-hydrogen) atoms. The first-order chi connectivity index (χ1) is 8.24. The van der Waals surface area contributed by atoms with Crippen molar-refractivity contribution in [3.8, 4) is 0 Å². The lowest BCUT2D eigenvalue weighted by Crippen LogP contribution is -2.24. The molecule has 1 unspecified atom stereocenters. The van der Waals surface area contributed by atoms with Crippen LogP contribution < -0.4 is 4.90 Å². The maximum absolute atomic E-state index is 10.9. The zero-order valence-electron chi connectivity index (χ0n) is 9.80. The predicted octanol–water partition coefficient (Wildman–Crippen LogP) is 2.47. The van der Waals surface area contributed by atoms with Crippen molar-refractivity contribution in [1.82, 2.24) is 0 Å². The zero-order valence-corrected chi connectivity index (χ0v) is 9.80. The first-order valence-electron chi connectivity index (χ1n) is 6.29. The van der Waals surface area contributed by atoms with Gasteiger partial charge in [0.15, 0.2) is 0 Å². The van der Waals surface area contributed by atoms with Crippen LogP contribution in [-0.4, -0.2) is 24.2 Å². The number of hydrogen-bond donors (Lipinski definition) is 1. The Hall–Kier alpha value is -1.51. The summed E-state index contributed by atoms with van der Waals surface area (Å²) in [7, 11) is 0. The van der Waals surface area contributed by atoms with Crippen molar-refractivity contribution >= 4 is 11.7 Å². The van der Waals surface area contributed by atoms with Crippen LogP contribution in [0, 0.1) is 5.92 Å². The molecule has 0 radical (unpaired) electrons. The number of benzene rings is 1. The van der Waals surface area contributed by atoms with Crippen LogP contribution in [0.15, 0.2) is 24.3 Å². The molecule has 0 aromatic heterocycles. The molecule has 0 spiro atoms. The van der Waals surface area contributed by atoms with Crippen LogP contribution in [0.25, 0.3) is 0 Å². The lowest BCUT2D eigenvalue weighted by atomic mass is 9.98. The third kappa shape index (κ3) is 2.14. The number of nitrogens with zero attached hydrogens (tertiary/aromatic N) is 1. The van der Waals surface area contributed by atoms with Gasteiger partial charge in [0.1, 0.15) is 0 Å². The Morgan fingerprint density at radius 3 is 2.82 bits per heavy atom. The van der Waals surface area contributed by atoms with Gasteiger partial charge in [0.05, 0.1) is 6.42 Å². The quantitative estimate of drug-likeness (QED) is 0.865. The molecule has 1 aromatic carbocycles. The highest BCUT2D eigenvalue weighted by Gasteiger charge is 2.33. The highest BCUT2D eigenvalue weighted by atomic mass is 16.4. The summed E-state index contributed by atoms with van der Waals surface area (Å²) in [6, 6.07) is 8.26. The van der Waals surface area contributed by atoms with Crippen LogP contribution in [0.1, 0.15) is 30.7 Å². The summed E-state index contributed by atoms with van der Waals surface area (Å²) >= 11 is 0. The molecule has 3 nitrogen and oxygen atoms in total. The molecule has 1 saturated carbocycles. The highest BCUT2D eigenvalue weighted by Crippen LogP contribution is 2.40. The van der Waals surface area contributed by atoms with Gasteiger partial charge in [-0.2, -0.15) is 0 Å². The third-order valence-corrected chi connectivity index (χ3v) is 3.75. The largest absolute Gasteiger partial charge is 0.481 e. The van der Waals surface area contributed by atoms with Gasteiger partial charge < -0.3 is 10.0 Å². The van der Waals surface area contributed by atoms with Gasteiger partial charge in [-0.1, -0.05) is 18.2 Å². The summed E-state index contributed by atoms with van der Waals surface area (Å²) in [4.78, 5) is 13.3. The number of para-hydroxylation sites is 1. The van der Waals surface area contributed by atoms with E-state index in [0.29, 0.717) is 0 Å². The van der Waals surface area contributed by atoms with E-state index in [4.69, 9.17) is 5.11 Å². The molecule has 3 rings (SSSR count). The number of aliphatic carboxylic acids is 1. The fourth-order valence-corrected chi connectivity index (χ4v) is 2.75. The summed E-state index contributed by atoms with van der Waals surface area (Å²) in [6.07, 6.45) is 2.92. The number of fused-ring (bicyclic) bond motifs is 1. The Labute approximate surface area is 101 Å². The Morgan fingerprint density at radius 2 is 2.12 bits per heavy atom. The van der Waals surface area contributed by atoms with Crippen molar-refractivity contribution in [3.05, 3.63) is 29.8 Å². The third-order valence-electron chi connectivity index (χ3n) is 3.75. The minimum atomic E-state index is -0.696. The number of carboxylic acids is 1. The molecule has 1 fully saturated rings. The van der Waals surface area contributed by atoms with E-state index >= 15 is 0 Å². The molecular weight excluding hydrogens is 214 g/mol. The van der Waals surface area contributed by atoms with Gasteiger partial charge in [0, 0.05) is 24.7 Å². The van der Waals surface area contributed by atoms with E-state index in [2.05, 4.69) is 17.0 Å². The number of hydrogen-bond acceptors (Lipinski definition) is 2. The summed E-state index contributed by atoms with van der Waals surface area (Å²) in [5.41, 5.74) is 2.47. The second-order valence-electron chi connectivity index (χ2n) is 5.20. The number of carbonyl (C=O) groups is 1. The first kappa shape index (κ1) is 10.6. The molecule has 1 aromatic rings. The van der Waals surface area contributed by atoms with Gasteiger partial charge in [-0.25, -0.2) is 0 Å². The fraction of sp³-hybridized carbons (Fsp3) is 0.500. The van der Waals surface area contributed by atoms with E-state index in [0.717, 1.165) is 19.0 Å². The Morgan fingerprint density at radius 1 is 1.35 bits per heavy atom. The number of anilines is 1. The topological polar surface area (TPSA) is 40.5 Å². The average Bonchev–Trinajstić information content (AvgIpc) is 3.04. The molecule has 1 aliphatic carbocycles. The summed E-state index contributed by atoms with van der Waals surface area (Å²) in [5.74, 6) is 0.312. The van der Waals surface area contributed by atoms with Crippen LogP contribution in [0.4, 0.5) is 5.69 Å². The second-order valence-corrected chi connectivity index (χ2v) is 5.20. The molecule has 0 bridgehead atoms. The van der Waals surface area contributed by atoms with E-state index in [1.54, 1.807) is 0 Å². The number of carboxylic acid groups (broad SMARTS) is 1. The lowest BCUT2D eigenvalue weighted by molar-refractivity contribution is -0.137. The summed E-state index contributed by atoms with van der Waals surface area (Å²) < 4.78 is 0. The molecule has 3 heteroatoms. The first-order valence-corrected chi connectivity index (χ1v) is 6.29. The normalized spacial score (nSPS) is 22.6. The summed E-state index contributed by atoms with van der Waals surface area (Å²) in [5, 5.41) is 8.96. The molecule has 0 amide bonds. The molecule has 1 N–H and O–H groups in total. The molecule has 90 valence electrons. The minimum Gasteiger partial charge on any atom is -0.481 e. The van der Waals surface area contributed by atoms with Crippen LogP contribution in [0.3, 0.4) is 0 Å². The van der Waals surface area contributed by atoms with Crippen LogP contribution in [-0.2, 0) is 4.79 Å². The number of rotatable bonds is 4. The Bertz CT molecular complexity index is 440. The van der Waals surface area contributed by atoms with E-state index in [9.17, 15) is 4.79 Å². The van der Waals surface area contributed by atoms with E-state index in [1.165, 1.54) is 24.1 Å². The predicted molar refractivity (Wildman–Crippen MR) is 66.4 cm³/mol. The van der Waals surface area contributed by atoms with Gasteiger partial charge in [-0.3, -0.25) is 4.79 Å². The Balaban J connectivity index is 1.83. The molecule has 1 atom stereocenters. The standard InChI is InChI=1S/C14H17NO2/c16-14(17)7-11-9-15(8-10-5-6-10)13-4-2-1-3-12(11)13/h1-4,10-11H,5-9H2,(H,16,17). The molecule has 0 saturated heterocycles. The van der Waals surface area contributed by atoms with Crippen LogP contribution in [0.2, 0.25) is 0 Å². The minimum absolute atomic E-state index is 0.169. The van der Waals surface area contributed by atoms with Gasteiger partial charge in [-0.15, -0.1) is 0 Å². The maximum atomic E-state index is 10.9. The van der Waals surface area contributed by atoms with Crippen molar-refractivity contribution in [2.24, 2.45) is 5.92 Å². The lowest BCUT2D eigenvalue weighted by Gasteiger charge is -2.19. The van der Waals surface area contributed by atoms with E-state index in [-0.39, 0.29) is 12.3 Å². The van der Waals surface area contributed by atoms with E-state index in [1.807, 2.05) is 12.1 Å². The van der Waals surface area contributed by atoms with Gasteiger partial charge in [0.25, 0.3) is 0 Å². The second kappa shape index (κ2) is 4.06. The molecule has 2 aliphatic rings. The van der Waals surface area contributed by atoms with Gasteiger partial charge in [-0.05, 0) is 30.4 Å². The summed E-state index contributed by atoms with van der Waals surface area (Å²) in [6.45, 7) is 1.98. The van der Waals surface area contributed by atoms with Crippen molar-refractivity contribution in [2.75, 3.05) is 18.0 Å². The van der Waals surface area contributed by atoms with Crippen LogP contribution >= 0.6 is 0 Å².